The molecule has 0 aliphatic rings. The van der Waals surface area contributed by atoms with E-state index in [9.17, 15) is 9.18 Å². The first-order valence-electron chi connectivity index (χ1n) is 5.85. The van der Waals surface area contributed by atoms with E-state index in [0.717, 1.165) is 5.56 Å². The van der Waals surface area contributed by atoms with Crippen molar-refractivity contribution in [2.75, 3.05) is 10.7 Å². The molecule has 1 amide bonds. The van der Waals surface area contributed by atoms with Crippen molar-refractivity contribution in [1.29, 1.82) is 0 Å². The van der Waals surface area contributed by atoms with Crippen LogP contribution in [0.15, 0.2) is 40.9 Å². The molecule has 0 saturated carbocycles. The molecule has 6 heteroatoms. The molecule has 0 aliphatic carbocycles. The highest BCUT2D eigenvalue weighted by molar-refractivity contribution is 9.10. The Morgan fingerprint density at radius 2 is 2.00 bits per heavy atom. The van der Waals surface area contributed by atoms with Crippen LogP contribution in [0.5, 0.6) is 0 Å². The third-order valence-electron chi connectivity index (χ3n) is 2.75. The fourth-order valence-electron chi connectivity index (χ4n) is 1.74. The minimum Gasteiger partial charge on any atom is -0.323 e. The van der Waals surface area contributed by atoms with Gasteiger partial charge in [0.25, 0.3) is 5.91 Å². The number of benzene rings is 2. The first-order valence-corrected chi connectivity index (χ1v) is 6.64. The van der Waals surface area contributed by atoms with Crippen molar-refractivity contribution in [2.24, 2.45) is 5.84 Å². The molecule has 0 radical (unpaired) electrons. The number of nitrogens with one attached hydrogen (secondary N) is 2. The van der Waals surface area contributed by atoms with Gasteiger partial charge in [0.1, 0.15) is 5.82 Å². The average molecular weight is 338 g/mol. The van der Waals surface area contributed by atoms with E-state index in [1.807, 2.05) is 13.0 Å². The third kappa shape index (κ3) is 3.15. The Labute approximate surface area is 124 Å². The maximum Gasteiger partial charge on any atom is 0.257 e. The summed E-state index contributed by atoms with van der Waals surface area (Å²) in [7, 11) is 0. The zero-order chi connectivity index (χ0) is 14.7. The van der Waals surface area contributed by atoms with Crippen molar-refractivity contribution in [1.82, 2.24) is 0 Å². The van der Waals surface area contributed by atoms with Crippen LogP contribution in [0.4, 0.5) is 15.8 Å². The second-order valence-corrected chi connectivity index (χ2v) is 5.13. The van der Waals surface area contributed by atoms with Crippen molar-refractivity contribution >= 4 is 33.2 Å². The van der Waals surface area contributed by atoms with Crippen molar-refractivity contribution in [2.45, 2.75) is 6.92 Å². The van der Waals surface area contributed by atoms with E-state index in [-0.39, 0.29) is 16.2 Å². The zero-order valence-corrected chi connectivity index (χ0v) is 12.3. The molecule has 0 spiro atoms. The van der Waals surface area contributed by atoms with Crippen LogP contribution in [-0.2, 0) is 0 Å². The van der Waals surface area contributed by atoms with E-state index < -0.39 is 0 Å². The molecular formula is C14H13BrFN3O. The monoisotopic (exact) mass is 337 g/mol. The average Bonchev–Trinajstić information content (AvgIpc) is 2.43. The molecule has 0 aromatic heterocycles. The number of nitrogens with two attached hydrogens (primary N) is 1. The lowest BCUT2D eigenvalue weighted by molar-refractivity contribution is 0.102. The molecule has 20 heavy (non-hydrogen) atoms. The smallest absolute Gasteiger partial charge is 0.257 e. The van der Waals surface area contributed by atoms with Gasteiger partial charge in [-0.1, -0.05) is 11.6 Å². The van der Waals surface area contributed by atoms with Crippen molar-refractivity contribution in [3.63, 3.8) is 0 Å². The van der Waals surface area contributed by atoms with E-state index in [2.05, 4.69) is 26.7 Å². The third-order valence-corrected chi connectivity index (χ3v) is 3.36. The van der Waals surface area contributed by atoms with Gasteiger partial charge in [0.05, 0.1) is 15.7 Å². The summed E-state index contributed by atoms with van der Waals surface area (Å²) in [5.74, 6) is 4.68. The quantitative estimate of drug-likeness (QED) is 0.593. The first kappa shape index (κ1) is 14.5. The molecule has 0 heterocycles. The second-order valence-electron chi connectivity index (χ2n) is 4.28. The van der Waals surface area contributed by atoms with Crippen LogP contribution in [0.3, 0.4) is 0 Å². The maximum atomic E-state index is 13.1. The summed E-state index contributed by atoms with van der Waals surface area (Å²) in [6.07, 6.45) is 0. The number of anilines is 2. The van der Waals surface area contributed by atoms with Crippen LogP contribution in [0.25, 0.3) is 0 Å². The van der Waals surface area contributed by atoms with Gasteiger partial charge < -0.3 is 10.7 Å². The molecule has 4 N–H and O–H groups in total. The fraction of sp³-hybridized carbons (Fsp3) is 0.0714. The molecule has 104 valence electrons. The van der Waals surface area contributed by atoms with E-state index in [4.69, 9.17) is 5.84 Å². The summed E-state index contributed by atoms with van der Waals surface area (Å²) < 4.78 is 13.4. The number of hydrogen-bond acceptors (Lipinski definition) is 3. The summed E-state index contributed by atoms with van der Waals surface area (Å²) in [4.78, 5) is 12.2. The molecule has 4 nitrogen and oxygen atoms in total. The Balaban J connectivity index is 2.27. The fourth-order valence-corrected chi connectivity index (χ4v) is 2.12. The molecule has 0 atom stereocenters. The number of carbonyl (C=O) groups excluding carboxylic acids is 1. The minimum atomic E-state index is -0.386. The highest BCUT2D eigenvalue weighted by atomic mass is 79.9. The van der Waals surface area contributed by atoms with Crippen LogP contribution in [0, 0.1) is 12.7 Å². The lowest BCUT2D eigenvalue weighted by Gasteiger charge is -2.11. The molecule has 0 fully saturated rings. The number of halogens is 2. The largest absolute Gasteiger partial charge is 0.323 e. The molecule has 0 bridgehead atoms. The van der Waals surface area contributed by atoms with Gasteiger partial charge in [0.2, 0.25) is 0 Å². The maximum absolute atomic E-state index is 13.1. The Morgan fingerprint density at radius 3 is 2.65 bits per heavy atom. The molecule has 0 aliphatic heterocycles. The van der Waals surface area contributed by atoms with Gasteiger partial charge in [-0.05, 0) is 53.2 Å². The zero-order valence-electron chi connectivity index (χ0n) is 10.7. The minimum absolute atomic E-state index is 0.289. The van der Waals surface area contributed by atoms with Crippen molar-refractivity contribution < 1.29 is 9.18 Å². The molecule has 2 aromatic rings. The number of carbonyl (C=O) groups is 1. The predicted octanol–water partition coefficient (Wildman–Crippen LogP) is 3.43. The number of amides is 1. The SMILES string of the molecule is Cc1ccc(NN)c(C(=O)Nc2ccc(F)c(Br)c2)c1. The van der Waals surface area contributed by atoms with Crippen LogP contribution < -0.4 is 16.6 Å². The molecule has 0 saturated heterocycles. The lowest BCUT2D eigenvalue weighted by Crippen LogP contribution is -2.17. The van der Waals surface area contributed by atoms with Crippen molar-refractivity contribution in [3.8, 4) is 0 Å². The molecule has 0 unspecified atom stereocenters. The van der Waals surface area contributed by atoms with E-state index in [1.54, 1.807) is 12.1 Å². The summed E-state index contributed by atoms with van der Waals surface area (Å²) in [5, 5.41) is 2.70. The normalized spacial score (nSPS) is 10.2. The van der Waals surface area contributed by atoms with Crippen molar-refractivity contribution in [3.05, 3.63) is 57.8 Å². The van der Waals surface area contributed by atoms with Gasteiger partial charge in [-0.3, -0.25) is 10.6 Å². The molecule has 2 aromatic carbocycles. The Kier molecular flexibility index (Phi) is 4.36. The van der Waals surface area contributed by atoms with Gasteiger partial charge in [0.15, 0.2) is 0 Å². The predicted molar refractivity (Wildman–Crippen MR) is 81.0 cm³/mol. The summed E-state index contributed by atoms with van der Waals surface area (Å²) >= 11 is 3.07. The number of aryl methyl sites for hydroxylation is 1. The van der Waals surface area contributed by atoms with Gasteiger partial charge in [-0.15, -0.1) is 0 Å². The van der Waals surface area contributed by atoms with Crippen LogP contribution >= 0.6 is 15.9 Å². The van der Waals surface area contributed by atoms with Gasteiger partial charge in [-0.25, -0.2) is 4.39 Å². The van der Waals surface area contributed by atoms with E-state index >= 15 is 0 Å². The Morgan fingerprint density at radius 1 is 1.25 bits per heavy atom. The molecular weight excluding hydrogens is 325 g/mol. The number of rotatable bonds is 3. The van der Waals surface area contributed by atoms with Crippen LogP contribution in [0.2, 0.25) is 0 Å². The summed E-state index contributed by atoms with van der Waals surface area (Å²) in [6, 6.07) is 9.56. The highest BCUT2D eigenvalue weighted by Crippen LogP contribution is 2.22. The first-order chi connectivity index (χ1) is 9.51. The summed E-state index contributed by atoms with van der Waals surface area (Å²) in [6.45, 7) is 1.88. The Bertz CT molecular complexity index is 661. The van der Waals surface area contributed by atoms with E-state index in [1.165, 1.54) is 18.2 Å². The van der Waals surface area contributed by atoms with Gasteiger partial charge >= 0.3 is 0 Å². The number of hydrogen-bond donors (Lipinski definition) is 3. The van der Waals surface area contributed by atoms with Gasteiger partial charge in [-0.2, -0.15) is 0 Å². The summed E-state index contributed by atoms with van der Waals surface area (Å²) in [5.41, 5.74) is 4.86. The lowest BCUT2D eigenvalue weighted by atomic mass is 10.1. The van der Waals surface area contributed by atoms with Crippen LogP contribution in [0.1, 0.15) is 15.9 Å². The number of hydrazine groups is 1. The highest BCUT2D eigenvalue weighted by Gasteiger charge is 2.12. The van der Waals surface area contributed by atoms with Crippen LogP contribution in [-0.4, -0.2) is 5.91 Å². The topological polar surface area (TPSA) is 67.1 Å². The van der Waals surface area contributed by atoms with Gasteiger partial charge in [0, 0.05) is 5.69 Å². The Hall–Kier alpha value is -1.92. The standard InChI is InChI=1S/C14H13BrFN3O/c1-8-2-5-13(19-17)10(6-8)14(20)18-9-3-4-12(16)11(15)7-9/h2-7,19H,17H2,1H3,(H,18,20). The van der Waals surface area contributed by atoms with E-state index in [0.29, 0.717) is 16.9 Å². The molecule has 2 rings (SSSR count). The second kappa shape index (κ2) is 6.02. The number of nitrogen functional groups attached to an aromatic ring is 1.